The van der Waals surface area contributed by atoms with Gasteiger partial charge in [-0.2, -0.15) is 0 Å². The highest BCUT2D eigenvalue weighted by Gasteiger charge is 2.14. The third-order valence-electron chi connectivity index (χ3n) is 2.70. The lowest BCUT2D eigenvalue weighted by molar-refractivity contribution is 0.0829. The fourth-order valence-electron chi connectivity index (χ4n) is 1.72. The summed E-state index contributed by atoms with van der Waals surface area (Å²) in [6, 6.07) is 1.76. The molecule has 20 heavy (non-hydrogen) atoms. The van der Waals surface area contributed by atoms with Crippen molar-refractivity contribution in [3.63, 3.8) is 0 Å². The molecule has 0 aliphatic carbocycles. The zero-order valence-electron chi connectivity index (χ0n) is 12.0. The number of pyridine rings is 1. The van der Waals surface area contributed by atoms with Crippen molar-refractivity contribution >= 4 is 16.8 Å². The van der Waals surface area contributed by atoms with Crippen LogP contribution in [0.3, 0.4) is 0 Å². The number of nitrogens with one attached hydrogen (secondary N) is 1. The Labute approximate surface area is 117 Å². The molecule has 0 unspecified atom stereocenters. The summed E-state index contributed by atoms with van der Waals surface area (Å²) >= 11 is 0. The van der Waals surface area contributed by atoms with Crippen molar-refractivity contribution in [1.29, 1.82) is 0 Å². The number of carbonyl (C=O) groups is 1. The van der Waals surface area contributed by atoms with E-state index in [9.17, 15) is 9.90 Å². The van der Waals surface area contributed by atoms with Crippen LogP contribution in [-0.4, -0.2) is 45.6 Å². The van der Waals surface area contributed by atoms with Gasteiger partial charge in [0, 0.05) is 31.9 Å². The van der Waals surface area contributed by atoms with Gasteiger partial charge in [0.15, 0.2) is 0 Å². The highest BCUT2D eigenvalue weighted by atomic mass is 16.3. The molecule has 0 aromatic carbocycles. The largest absolute Gasteiger partial charge is 0.378 e. The molecule has 5 nitrogen and oxygen atoms in total. The summed E-state index contributed by atoms with van der Waals surface area (Å²) < 4.78 is 0. The third kappa shape index (κ3) is 2.98. The molecule has 104 valence electrons. The van der Waals surface area contributed by atoms with Gasteiger partial charge in [0.25, 0.3) is 5.91 Å². The van der Waals surface area contributed by atoms with Gasteiger partial charge in [0.2, 0.25) is 0 Å². The summed E-state index contributed by atoms with van der Waals surface area (Å²) in [6.45, 7) is 3.22. The first-order valence-electron chi connectivity index (χ1n) is 6.22. The molecule has 0 saturated heterocycles. The Hall–Kier alpha value is -2.32. The normalized spacial score (nSPS) is 11.1. The topological polar surface area (TPSA) is 69.2 Å². The Bertz CT molecular complexity index is 712. The van der Waals surface area contributed by atoms with E-state index in [2.05, 4.69) is 21.8 Å². The molecule has 0 aliphatic heterocycles. The van der Waals surface area contributed by atoms with Gasteiger partial charge in [-0.15, -0.1) is 0 Å². The Morgan fingerprint density at radius 3 is 2.75 bits per heavy atom. The van der Waals surface area contributed by atoms with Gasteiger partial charge in [-0.05, 0) is 25.8 Å². The van der Waals surface area contributed by atoms with Crippen molar-refractivity contribution in [3.05, 3.63) is 29.7 Å². The quantitative estimate of drug-likeness (QED) is 0.770. The number of aromatic amines is 1. The van der Waals surface area contributed by atoms with Crippen molar-refractivity contribution in [3.8, 4) is 11.8 Å². The van der Waals surface area contributed by atoms with Crippen molar-refractivity contribution in [1.82, 2.24) is 14.9 Å². The van der Waals surface area contributed by atoms with Crippen molar-refractivity contribution < 1.29 is 9.90 Å². The number of nitrogens with zero attached hydrogens (tertiary/aromatic N) is 2. The van der Waals surface area contributed by atoms with Crippen molar-refractivity contribution in [2.75, 3.05) is 14.1 Å². The van der Waals surface area contributed by atoms with Gasteiger partial charge in [-0.25, -0.2) is 4.98 Å². The summed E-state index contributed by atoms with van der Waals surface area (Å²) in [5.74, 6) is 5.44. The van der Waals surface area contributed by atoms with Crippen LogP contribution in [-0.2, 0) is 0 Å². The summed E-state index contributed by atoms with van der Waals surface area (Å²) in [5.41, 5.74) is 0.869. The maximum Gasteiger partial charge on any atom is 0.255 e. The van der Waals surface area contributed by atoms with E-state index < -0.39 is 5.60 Å². The van der Waals surface area contributed by atoms with Crippen LogP contribution in [0.1, 0.15) is 29.9 Å². The number of rotatable bonds is 1. The van der Waals surface area contributed by atoms with Gasteiger partial charge < -0.3 is 15.0 Å². The average molecular weight is 271 g/mol. The molecular weight excluding hydrogens is 254 g/mol. The number of carbonyl (C=O) groups excluding carboxylic acids is 1. The summed E-state index contributed by atoms with van der Waals surface area (Å²) in [5, 5.41) is 10.3. The minimum absolute atomic E-state index is 0.0756. The molecule has 2 rings (SSSR count). The standard InChI is InChI=1S/C15H17N3O2/c1-15(2,20)6-5-10-7-13-11(8-16-10)12(9-17-13)14(19)18(3)4/h7-9,17,20H,1-4H3. The third-order valence-corrected chi connectivity index (χ3v) is 2.70. The fraction of sp³-hybridized carbons (Fsp3) is 0.333. The lowest BCUT2D eigenvalue weighted by Gasteiger charge is -2.08. The van der Waals surface area contributed by atoms with Gasteiger partial charge >= 0.3 is 0 Å². The number of aromatic nitrogens is 2. The van der Waals surface area contributed by atoms with E-state index in [0.29, 0.717) is 11.3 Å². The monoisotopic (exact) mass is 271 g/mol. The van der Waals surface area contributed by atoms with Crippen LogP contribution in [0.2, 0.25) is 0 Å². The molecule has 2 heterocycles. The molecule has 1 amide bonds. The second-order valence-corrected chi connectivity index (χ2v) is 5.33. The van der Waals surface area contributed by atoms with E-state index in [4.69, 9.17) is 0 Å². The predicted octanol–water partition coefficient (Wildman–Crippen LogP) is 1.39. The molecule has 2 N–H and O–H groups in total. The Balaban J connectivity index is 2.43. The van der Waals surface area contributed by atoms with E-state index >= 15 is 0 Å². The van der Waals surface area contributed by atoms with Crippen molar-refractivity contribution in [2.45, 2.75) is 19.4 Å². The van der Waals surface area contributed by atoms with Crippen LogP contribution >= 0.6 is 0 Å². The van der Waals surface area contributed by atoms with Gasteiger partial charge in [-0.3, -0.25) is 4.79 Å². The number of amides is 1. The highest BCUT2D eigenvalue weighted by Crippen LogP contribution is 2.19. The van der Waals surface area contributed by atoms with Crippen LogP contribution in [0.4, 0.5) is 0 Å². The Morgan fingerprint density at radius 1 is 1.45 bits per heavy atom. The summed E-state index contributed by atoms with van der Waals surface area (Å²) in [7, 11) is 3.41. The van der Waals surface area contributed by atoms with Crippen molar-refractivity contribution in [2.24, 2.45) is 0 Å². The first kappa shape index (κ1) is 14.1. The predicted molar refractivity (Wildman–Crippen MR) is 77.3 cm³/mol. The molecule has 0 radical (unpaired) electrons. The lowest BCUT2D eigenvalue weighted by atomic mass is 10.1. The molecular formula is C15H17N3O2. The zero-order chi connectivity index (χ0) is 14.9. The summed E-state index contributed by atoms with van der Waals surface area (Å²) in [4.78, 5) is 20.8. The number of H-pyrrole nitrogens is 1. The molecule has 0 fully saturated rings. The molecule has 2 aromatic rings. The SMILES string of the molecule is CN(C)C(=O)c1c[nH]c2cc(C#CC(C)(C)O)ncc12. The van der Waals surface area contributed by atoms with E-state index in [-0.39, 0.29) is 5.91 Å². The van der Waals surface area contributed by atoms with Crippen LogP contribution < -0.4 is 0 Å². The second kappa shape index (κ2) is 4.99. The summed E-state index contributed by atoms with van der Waals surface area (Å²) in [6.07, 6.45) is 3.29. The van der Waals surface area contributed by atoms with E-state index in [1.54, 1.807) is 46.4 Å². The minimum atomic E-state index is -1.06. The zero-order valence-corrected chi connectivity index (χ0v) is 12.0. The molecule has 0 atom stereocenters. The first-order chi connectivity index (χ1) is 9.28. The van der Waals surface area contributed by atoms with Crippen LogP contribution in [0.15, 0.2) is 18.5 Å². The number of fused-ring (bicyclic) bond motifs is 1. The van der Waals surface area contributed by atoms with Crippen LogP contribution in [0, 0.1) is 11.8 Å². The van der Waals surface area contributed by atoms with Crippen LogP contribution in [0.25, 0.3) is 10.9 Å². The Kier molecular flexibility index (Phi) is 3.51. The van der Waals surface area contributed by atoms with Gasteiger partial charge in [0.1, 0.15) is 11.3 Å². The first-order valence-corrected chi connectivity index (χ1v) is 6.22. The Morgan fingerprint density at radius 2 is 2.15 bits per heavy atom. The smallest absolute Gasteiger partial charge is 0.255 e. The van der Waals surface area contributed by atoms with Gasteiger partial charge in [0.05, 0.1) is 11.1 Å². The second-order valence-electron chi connectivity index (χ2n) is 5.33. The number of aliphatic hydroxyl groups is 1. The maximum atomic E-state index is 12.0. The van der Waals surface area contributed by atoms with E-state index in [1.165, 1.54) is 4.90 Å². The fourth-order valence-corrected chi connectivity index (χ4v) is 1.72. The molecule has 5 heteroatoms. The molecule has 0 spiro atoms. The number of hydrogen-bond donors (Lipinski definition) is 2. The van der Waals surface area contributed by atoms with Crippen LogP contribution in [0.5, 0.6) is 0 Å². The maximum absolute atomic E-state index is 12.0. The van der Waals surface area contributed by atoms with E-state index in [0.717, 1.165) is 10.9 Å². The highest BCUT2D eigenvalue weighted by molar-refractivity contribution is 6.06. The minimum Gasteiger partial charge on any atom is -0.378 e. The molecule has 0 bridgehead atoms. The lowest BCUT2D eigenvalue weighted by Crippen LogP contribution is -2.21. The van der Waals surface area contributed by atoms with E-state index in [1.807, 2.05) is 0 Å². The average Bonchev–Trinajstić information content (AvgIpc) is 2.77. The molecule has 2 aromatic heterocycles. The molecule has 0 saturated carbocycles. The number of hydrogen-bond acceptors (Lipinski definition) is 3. The van der Waals surface area contributed by atoms with Gasteiger partial charge in [-0.1, -0.05) is 5.92 Å². The molecule has 0 aliphatic rings.